The smallest absolute Gasteiger partial charge is 0.0414 e. The summed E-state index contributed by atoms with van der Waals surface area (Å²) in [5.41, 5.74) is 0. The van der Waals surface area contributed by atoms with Crippen LogP contribution in [0.1, 0.15) is 206 Å². The molecule has 0 heterocycles. The van der Waals surface area contributed by atoms with Crippen LogP contribution >= 0.6 is 0 Å². The normalized spacial score (nSPS) is 12.4. The van der Waals surface area contributed by atoms with Gasteiger partial charge < -0.3 is 0 Å². The van der Waals surface area contributed by atoms with E-state index in [2.05, 4.69) is 20.8 Å². The Bertz CT molecular complexity index is 333. The number of hydrogen-bond donors (Lipinski definition) is 0. The molecule has 0 N–H and O–H groups in total. The molecule has 0 nitrogen and oxygen atoms in total. The van der Waals surface area contributed by atoms with E-state index in [1.165, 1.54) is 186 Å². The summed E-state index contributed by atoms with van der Waals surface area (Å²) in [7, 11) is 0. The first kappa shape index (κ1) is 34.0. The van der Waals surface area contributed by atoms with E-state index in [1.807, 2.05) is 0 Å². The predicted molar refractivity (Wildman–Crippen MR) is 159 cm³/mol. The molecule has 34 heavy (non-hydrogen) atoms. The quantitative estimate of drug-likeness (QED) is 0.0902. The summed E-state index contributed by atoms with van der Waals surface area (Å²) in [6.45, 7) is 8.81. The monoisotopic (exact) mass is 478 g/mol. The molecule has 205 valence electrons. The van der Waals surface area contributed by atoms with E-state index in [0.717, 1.165) is 12.3 Å². The molecule has 0 saturated heterocycles. The molecule has 0 aliphatic carbocycles. The van der Waals surface area contributed by atoms with Crippen molar-refractivity contribution in [3.63, 3.8) is 0 Å². The van der Waals surface area contributed by atoms with Crippen molar-refractivity contribution in [2.45, 2.75) is 206 Å². The summed E-state index contributed by atoms with van der Waals surface area (Å²) < 4.78 is 0. The van der Waals surface area contributed by atoms with Gasteiger partial charge in [-0.3, -0.25) is 0 Å². The first-order valence-electron chi connectivity index (χ1n) is 16.6. The molecular weight excluding hydrogens is 408 g/mol. The highest BCUT2D eigenvalue weighted by molar-refractivity contribution is 4.62. The second-order valence-electron chi connectivity index (χ2n) is 11.6. The van der Waals surface area contributed by atoms with Crippen LogP contribution in [0.5, 0.6) is 0 Å². The van der Waals surface area contributed by atoms with Crippen LogP contribution in [0.25, 0.3) is 0 Å². The maximum Gasteiger partial charge on any atom is -0.0414 e. The second-order valence-corrected chi connectivity index (χ2v) is 11.6. The van der Waals surface area contributed by atoms with E-state index in [4.69, 9.17) is 0 Å². The average molecular weight is 478 g/mol. The summed E-state index contributed by atoms with van der Waals surface area (Å²) in [4.78, 5) is 0. The van der Waals surface area contributed by atoms with E-state index in [1.54, 1.807) is 0 Å². The largest absolute Gasteiger partial charge is 0.0654 e. The lowest BCUT2D eigenvalue weighted by molar-refractivity contribution is 0.406. The SMILES string of the molecule is [CH2]CC(CCCCCC)CCCCCCCCCCCCCCCCCCCCCCCCC. The van der Waals surface area contributed by atoms with Crippen LogP contribution in [0.3, 0.4) is 0 Å². The molecule has 1 radical (unpaired) electrons. The third-order valence-electron chi connectivity index (χ3n) is 8.09. The number of unbranched alkanes of at least 4 members (excludes halogenated alkanes) is 25. The Morgan fingerprint density at radius 1 is 0.324 bits per heavy atom. The van der Waals surface area contributed by atoms with Crippen LogP contribution in [0, 0.1) is 12.8 Å². The lowest BCUT2D eigenvalue weighted by Crippen LogP contribution is -1.99. The summed E-state index contributed by atoms with van der Waals surface area (Å²) in [5.74, 6) is 0.909. The molecule has 0 amide bonds. The molecule has 0 aromatic carbocycles. The fraction of sp³-hybridized carbons (Fsp3) is 0.971. The Morgan fingerprint density at radius 2 is 0.529 bits per heavy atom. The zero-order valence-electron chi connectivity index (χ0n) is 24.5. The molecule has 0 aliphatic heterocycles. The highest BCUT2D eigenvalue weighted by atomic mass is 14.1. The molecule has 0 rings (SSSR count). The standard InChI is InChI=1S/C34H69/c1-4-7-9-11-12-13-14-15-16-17-18-19-20-21-22-23-24-25-26-27-28-29-31-33-34(6-3)32-30-10-8-5-2/h34H,3-33H2,1-2H3. The van der Waals surface area contributed by atoms with Gasteiger partial charge in [-0.25, -0.2) is 0 Å². The van der Waals surface area contributed by atoms with Gasteiger partial charge in [-0.05, 0) is 5.92 Å². The molecule has 1 unspecified atom stereocenters. The Labute approximate surface area is 219 Å². The average Bonchev–Trinajstić information content (AvgIpc) is 2.85. The molecular formula is C34H69. The van der Waals surface area contributed by atoms with Crippen molar-refractivity contribution in [2.75, 3.05) is 0 Å². The van der Waals surface area contributed by atoms with Gasteiger partial charge >= 0.3 is 0 Å². The van der Waals surface area contributed by atoms with Gasteiger partial charge in [0.1, 0.15) is 0 Å². The minimum absolute atomic E-state index is 0.909. The fourth-order valence-electron chi connectivity index (χ4n) is 5.51. The van der Waals surface area contributed by atoms with Crippen LogP contribution in [0.4, 0.5) is 0 Å². The first-order chi connectivity index (χ1) is 16.8. The highest BCUT2D eigenvalue weighted by Gasteiger charge is 2.05. The van der Waals surface area contributed by atoms with Gasteiger partial charge in [0.2, 0.25) is 0 Å². The molecule has 0 heteroatoms. The molecule has 0 spiro atoms. The van der Waals surface area contributed by atoms with Crippen molar-refractivity contribution in [2.24, 2.45) is 5.92 Å². The molecule has 0 aromatic heterocycles. The molecule has 0 fully saturated rings. The first-order valence-corrected chi connectivity index (χ1v) is 16.6. The summed E-state index contributed by atoms with van der Waals surface area (Å²) in [5, 5.41) is 0. The van der Waals surface area contributed by atoms with Crippen molar-refractivity contribution < 1.29 is 0 Å². The Kier molecular flexibility index (Phi) is 31.0. The van der Waals surface area contributed by atoms with Gasteiger partial charge in [0, 0.05) is 0 Å². The zero-order valence-corrected chi connectivity index (χ0v) is 24.5. The van der Waals surface area contributed by atoms with E-state index < -0.39 is 0 Å². The molecule has 0 aromatic rings. The molecule has 0 aliphatic rings. The molecule has 0 saturated carbocycles. The van der Waals surface area contributed by atoms with Crippen LogP contribution in [-0.2, 0) is 0 Å². The third kappa shape index (κ3) is 28.2. The minimum Gasteiger partial charge on any atom is -0.0654 e. The van der Waals surface area contributed by atoms with E-state index in [-0.39, 0.29) is 0 Å². The van der Waals surface area contributed by atoms with Gasteiger partial charge in [0.25, 0.3) is 0 Å². The maximum absolute atomic E-state index is 4.19. The van der Waals surface area contributed by atoms with Gasteiger partial charge in [0.05, 0.1) is 0 Å². The van der Waals surface area contributed by atoms with Crippen molar-refractivity contribution in [1.29, 1.82) is 0 Å². The Hall–Kier alpha value is 0. The lowest BCUT2D eigenvalue weighted by Gasteiger charge is -2.14. The summed E-state index contributed by atoms with van der Waals surface area (Å²) in [6.07, 6.45) is 43.6. The highest BCUT2D eigenvalue weighted by Crippen LogP contribution is 2.21. The van der Waals surface area contributed by atoms with E-state index in [9.17, 15) is 0 Å². The predicted octanol–water partition coefficient (Wildman–Crippen LogP) is 13.2. The van der Waals surface area contributed by atoms with Crippen LogP contribution in [-0.4, -0.2) is 0 Å². The Morgan fingerprint density at radius 3 is 0.765 bits per heavy atom. The lowest BCUT2D eigenvalue weighted by atomic mass is 9.92. The summed E-state index contributed by atoms with van der Waals surface area (Å²) >= 11 is 0. The van der Waals surface area contributed by atoms with Gasteiger partial charge in [-0.1, -0.05) is 213 Å². The van der Waals surface area contributed by atoms with Gasteiger partial charge in [0.15, 0.2) is 0 Å². The molecule has 1 atom stereocenters. The maximum atomic E-state index is 4.19. The van der Waals surface area contributed by atoms with Crippen LogP contribution in [0.2, 0.25) is 0 Å². The molecule has 0 bridgehead atoms. The van der Waals surface area contributed by atoms with Crippen LogP contribution in [0.15, 0.2) is 0 Å². The Balaban J connectivity index is 3.13. The van der Waals surface area contributed by atoms with E-state index >= 15 is 0 Å². The van der Waals surface area contributed by atoms with Crippen LogP contribution < -0.4 is 0 Å². The second kappa shape index (κ2) is 31.0. The van der Waals surface area contributed by atoms with Crippen molar-refractivity contribution >= 4 is 0 Å². The van der Waals surface area contributed by atoms with E-state index in [0.29, 0.717) is 0 Å². The fourth-order valence-corrected chi connectivity index (χ4v) is 5.51. The number of hydrogen-bond acceptors (Lipinski definition) is 0. The van der Waals surface area contributed by atoms with Crippen molar-refractivity contribution in [3.8, 4) is 0 Å². The third-order valence-corrected chi connectivity index (χ3v) is 8.09. The minimum atomic E-state index is 0.909. The van der Waals surface area contributed by atoms with Gasteiger partial charge in [-0.15, -0.1) is 0 Å². The number of rotatable bonds is 30. The zero-order chi connectivity index (χ0) is 24.8. The van der Waals surface area contributed by atoms with Gasteiger partial charge in [-0.2, -0.15) is 0 Å². The van der Waals surface area contributed by atoms with Crippen molar-refractivity contribution in [3.05, 3.63) is 6.92 Å². The summed E-state index contributed by atoms with van der Waals surface area (Å²) in [6, 6.07) is 0. The van der Waals surface area contributed by atoms with Crippen molar-refractivity contribution in [1.82, 2.24) is 0 Å². The topological polar surface area (TPSA) is 0 Å².